The number of amides is 2. The van der Waals surface area contributed by atoms with Gasteiger partial charge in [0.2, 0.25) is 0 Å². The second kappa shape index (κ2) is 10.6. The van der Waals surface area contributed by atoms with Crippen molar-refractivity contribution < 1.29 is 23.8 Å². The highest BCUT2D eigenvalue weighted by Crippen LogP contribution is 2.30. The van der Waals surface area contributed by atoms with Gasteiger partial charge in [-0.25, -0.2) is 9.79 Å². The van der Waals surface area contributed by atoms with Gasteiger partial charge in [-0.2, -0.15) is 0 Å². The molecule has 2 heterocycles. The van der Waals surface area contributed by atoms with Crippen molar-refractivity contribution in [1.82, 2.24) is 15.1 Å². The fourth-order valence-corrected chi connectivity index (χ4v) is 3.75. The van der Waals surface area contributed by atoms with Gasteiger partial charge in [-0.05, 0) is 52.0 Å². The number of allylic oxidation sites excluding steroid dienone is 1. The molecule has 1 aromatic rings. The first kappa shape index (κ1) is 25.8. The highest BCUT2D eigenvalue weighted by Gasteiger charge is 2.33. The highest BCUT2D eigenvalue weighted by atomic mass is 16.6. The number of aliphatic imine (C=N–C) groups is 1. The van der Waals surface area contributed by atoms with E-state index >= 15 is 0 Å². The first-order valence-electron chi connectivity index (χ1n) is 11.4. The molecule has 3 rings (SSSR count). The molecule has 2 aliphatic rings. The van der Waals surface area contributed by atoms with Gasteiger partial charge >= 0.3 is 6.09 Å². The van der Waals surface area contributed by atoms with Crippen molar-refractivity contribution in [2.24, 2.45) is 4.99 Å². The van der Waals surface area contributed by atoms with Crippen molar-refractivity contribution in [3.05, 3.63) is 41.7 Å². The van der Waals surface area contributed by atoms with Crippen molar-refractivity contribution in [1.29, 1.82) is 5.41 Å². The van der Waals surface area contributed by atoms with E-state index < -0.39 is 17.6 Å². The van der Waals surface area contributed by atoms with Gasteiger partial charge in [-0.15, -0.1) is 0 Å². The van der Waals surface area contributed by atoms with Crippen LogP contribution in [0.2, 0.25) is 0 Å². The van der Waals surface area contributed by atoms with Crippen LogP contribution in [0, 0.1) is 5.41 Å². The summed E-state index contributed by atoms with van der Waals surface area (Å²) in [7, 11) is 3.14. The summed E-state index contributed by atoms with van der Waals surface area (Å²) in [4.78, 5) is 32.8. The van der Waals surface area contributed by atoms with Crippen LogP contribution < -0.4 is 14.8 Å². The van der Waals surface area contributed by atoms with Gasteiger partial charge in [0.25, 0.3) is 5.91 Å². The van der Waals surface area contributed by atoms with Gasteiger partial charge in [0.15, 0.2) is 11.5 Å². The van der Waals surface area contributed by atoms with Gasteiger partial charge in [0, 0.05) is 49.2 Å². The fourth-order valence-electron chi connectivity index (χ4n) is 3.75. The Labute approximate surface area is 205 Å². The molecule has 10 nitrogen and oxygen atoms in total. The zero-order valence-corrected chi connectivity index (χ0v) is 21.0. The van der Waals surface area contributed by atoms with Crippen LogP contribution in [0.5, 0.6) is 11.5 Å². The van der Waals surface area contributed by atoms with Crippen LogP contribution in [-0.4, -0.2) is 79.2 Å². The summed E-state index contributed by atoms with van der Waals surface area (Å²) in [5.74, 6) is 1.15. The van der Waals surface area contributed by atoms with Crippen molar-refractivity contribution >= 4 is 29.6 Å². The van der Waals surface area contributed by atoms with Crippen LogP contribution in [0.3, 0.4) is 0 Å². The van der Waals surface area contributed by atoms with Crippen LogP contribution in [0.4, 0.5) is 4.79 Å². The molecule has 0 saturated carbocycles. The number of carbonyl (C=O) groups excluding carboxylic acids is 2. The molecule has 10 heteroatoms. The number of hydrogen-bond acceptors (Lipinski definition) is 8. The van der Waals surface area contributed by atoms with E-state index in [4.69, 9.17) is 19.6 Å². The van der Waals surface area contributed by atoms with Crippen molar-refractivity contribution in [3.8, 4) is 11.5 Å². The van der Waals surface area contributed by atoms with Crippen molar-refractivity contribution in [2.75, 3.05) is 33.9 Å². The summed E-state index contributed by atoms with van der Waals surface area (Å²) in [5.41, 5.74) is 0.795. The summed E-state index contributed by atoms with van der Waals surface area (Å²) in [6.07, 6.45) is 4.40. The average Bonchev–Trinajstić information content (AvgIpc) is 2.81. The molecule has 0 unspecified atom stereocenters. The zero-order chi connectivity index (χ0) is 25.8. The molecule has 1 saturated heterocycles. The number of rotatable bonds is 5. The Hall–Kier alpha value is -3.82. The number of benzene rings is 1. The molecule has 0 radical (unpaired) electrons. The standard InChI is InChI=1S/C25H33N5O5/c1-16-15-29(11-12-30(16)24(32)35-25(2,3)4)23(31)18(26)14-22-27-10-9-19(28-22)17-7-8-20(33-5)21(13-17)34-6/h7-10,13-14,16,26,28H,11-12,15H2,1-6H3/b22-14-,26-18?/t16-/m0/s1. The molecular formula is C25H33N5O5. The molecule has 2 amide bonds. The molecule has 188 valence electrons. The number of carbonyl (C=O) groups is 2. The number of nitrogens with zero attached hydrogens (tertiary/aromatic N) is 3. The Bertz CT molecular complexity index is 1090. The Morgan fingerprint density at radius 3 is 2.51 bits per heavy atom. The predicted molar refractivity (Wildman–Crippen MR) is 134 cm³/mol. The lowest BCUT2D eigenvalue weighted by atomic mass is 10.1. The average molecular weight is 484 g/mol. The quantitative estimate of drug-likeness (QED) is 0.622. The number of ether oxygens (including phenoxy) is 3. The van der Waals surface area contributed by atoms with E-state index in [0.717, 1.165) is 11.3 Å². The first-order chi connectivity index (χ1) is 16.5. The monoisotopic (exact) mass is 483 g/mol. The third-order valence-corrected chi connectivity index (χ3v) is 5.47. The highest BCUT2D eigenvalue weighted by molar-refractivity contribution is 6.42. The summed E-state index contributed by atoms with van der Waals surface area (Å²) in [6, 6.07) is 5.28. The van der Waals surface area contributed by atoms with Crippen LogP contribution >= 0.6 is 0 Å². The topological polar surface area (TPSA) is 117 Å². The minimum atomic E-state index is -0.587. The van der Waals surface area contributed by atoms with E-state index in [2.05, 4.69) is 10.3 Å². The van der Waals surface area contributed by atoms with E-state index in [9.17, 15) is 9.59 Å². The van der Waals surface area contributed by atoms with Gasteiger partial charge in [-0.1, -0.05) is 0 Å². The van der Waals surface area contributed by atoms with Gasteiger partial charge < -0.3 is 29.3 Å². The second-order valence-electron chi connectivity index (χ2n) is 9.27. The summed E-state index contributed by atoms with van der Waals surface area (Å²) >= 11 is 0. The van der Waals surface area contributed by atoms with Gasteiger partial charge in [0.05, 0.1) is 14.2 Å². The zero-order valence-electron chi connectivity index (χ0n) is 21.0. The van der Waals surface area contributed by atoms with Crippen LogP contribution in [-0.2, 0) is 9.53 Å². The maximum atomic E-state index is 12.9. The third kappa shape index (κ3) is 6.40. The molecule has 0 spiro atoms. The molecule has 0 bridgehead atoms. The first-order valence-corrected chi connectivity index (χ1v) is 11.4. The Morgan fingerprint density at radius 1 is 1.17 bits per heavy atom. The smallest absolute Gasteiger partial charge is 0.410 e. The Kier molecular flexibility index (Phi) is 7.83. The minimum absolute atomic E-state index is 0.198. The summed E-state index contributed by atoms with van der Waals surface area (Å²) < 4.78 is 16.1. The fraction of sp³-hybridized carbons (Fsp3) is 0.440. The molecule has 35 heavy (non-hydrogen) atoms. The molecule has 1 atom stereocenters. The van der Waals surface area contributed by atoms with E-state index in [1.165, 1.54) is 6.08 Å². The van der Waals surface area contributed by atoms with E-state index in [0.29, 0.717) is 37.0 Å². The summed E-state index contributed by atoms with van der Waals surface area (Å²) in [5, 5.41) is 11.5. The van der Waals surface area contributed by atoms with Crippen LogP contribution in [0.1, 0.15) is 33.3 Å². The molecule has 0 aliphatic carbocycles. The van der Waals surface area contributed by atoms with Crippen LogP contribution in [0.25, 0.3) is 5.70 Å². The van der Waals surface area contributed by atoms with Gasteiger partial charge in [0.1, 0.15) is 17.1 Å². The largest absolute Gasteiger partial charge is 0.493 e. The lowest BCUT2D eigenvalue weighted by molar-refractivity contribution is -0.126. The molecule has 1 fully saturated rings. The lowest BCUT2D eigenvalue weighted by Gasteiger charge is -2.40. The Balaban J connectivity index is 1.63. The number of methoxy groups -OCH3 is 2. The SMILES string of the molecule is COc1ccc(C2=CC=N/C(=C/C(=N)C(=O)N3CCN(C(=O)OC(C)(C)C)[C@@H](C)C3)N2)cc1OC. The predicted octanol–water partition coefficient (Wildman–Crippen LogP) is 3.05. The van der Waals surface area contributed by atoms with E-state index in [1.54, 1.807) is 42.4 Å². The second-order valence-corrected chi connectivity index (χ2v) is 9.27. The van der Waals surface area contributed by atoms with E-state index in [1.807, 2.05) is 39.8 Å². The summed E-state index contributed by atoms with van der Waals surface area (Å²) in [6.45, 7) is 8.29. The minimum Gasteiger partial charge on any atom is -0.493 e. The van der Waals surface area contributed by atoms with Crippen molar-refractivity contribution in [2.45, 2.75) is 39.3 Å². The number of piperazine rings is 1. The number of hydrogen-bond donors (Lipinski definition) is 2. The maximum absolute atomic E-state index is 12.9. The third-order valence-electron chi connectivity index (χ3n) is 5.47. The maximum Gasteiger partial charge on any atom is 0.410 e. The van der Waals surface area contributed by atoms with Gasteiger partial charge in [-0.3, -0.25) is 10.2 Å². The molecular weight excluding hydrogens is 450 g/mol. The van der Waals surface area contributed by atoms with Crippen LogP contribution in [0.15, 0.2) is 41.2 Å². The number of nitrogens with one attached hydrogen (secondary N) is 2. The Morgan fingerprint density at radius 2 is 1.89 bits per heavy atom. The molecule has 0 aromatic heterocycles. The molecule has 1 aromatic carbocycles. The lowest BCUT2D eigenvalue weighted by Crippen LogP contribution is -2.57. The normalized spacial score (nSPS) is 19.1. The molecule has 2 aliphatic heterocycles. The van der Waals surface area contributed by atoms with Crippen molar-refractivity contribution in [3.63, 3.8) is 0 Å². The van der Waals surface area contributed by atoms with E-state index in [-0.39, 0.29) is 11.8 Å². The molecule has 2 N–H and O–H groups in total.